The van der Waals surface area contributed by atoms with Crippen molar-refractivity contribution in [2.24, 2.45) is 5.92 Å². The Morgan fingerprint density at radius 1 is 1.22 bits per heavy atom. The normalized spacial score (nSPS) is 22.0. The van der Waals surface area contributed by atoms with Crippen LogP contribution in [0.1, 0.15) is 38.2 Å². The van der Waals surface area contributed by atoms with Crippen molar-refractivity contribution in [3.63, 3.8) is 0 Å². The number of carbonyl (C=O) groups is 2. The maximum absolute atomic E-state index is 12.6. The van der Waals surface area contributed by atoms with Gasteiger partial charge in [-0.15, -0.1) is 0 Å². The van der Waals surface area contributed by atoms with E-state index in [0.29, 0.717) is 29.7 Å². The predicted molar refractivity (Wildman–Crippen MR) is 97.9 cm³/mol. The zero-order chi connectivity index (χ0) is 20.1. The molecule has 0 aliphatic carbocycles. The van der Waals surface area contributed by atoms with Gasteiger partial charge in [-0.3, -0.25) is 14.9 Å². The molecule has 27 heavy (non-hydrogen) atoms. The zero-order valence-electron chi connectivity index (χ0n) is 15.9. The van der Waals surface area contributed by atoms with Crippen molar-refractivity contribution in [1.82, 2.24) is 5.32 Å². The van der Waals surface area contributed by atoms with Crippen molar-refractivity contribution in [2.75, 3.05) is 14.2 Å². The lowest BCUT2D eigenvalue weighted by molar-refractivity contribution is -0.384. The highest BCUT2D eigenvalue weighted by molar-refractivity contribution is 5.93. The summed E-state index contributed by atoms with van der Waals surface area (Å²) in [5.41, 5.74) is 1.38. The van der Waals surface area contributed by atoms with E-state index in [0.717, 1.165) is 0 Å². The van der Waals surface area contributed by atoms with Crippen LogP contribution >= 0.6 is 0 Å². The van der Waals surface area contributed by atoms with Gasteiger partial charge in [0.15, 0.2) is 0 Å². The van der Waals surface area contributed by atoms with E-state index in [-0.39, 0.29) is 11.7 Å². The lowest BCUT2D eigenvalue weighted by Crippen LogP contribution is -2.49. The first-order valence-corrected chi connectivity index (χ1v) is 8.79. The van der Waals surface area contributed by atoms with Crippen LogP contribution in [0.25, 0.3) is 0 Å². The number of rotatable bonds is 6. The molecule has 2 rings (SSSR count). The highest BCUT2D eigenvalue weighted by Crippen LogP contribution is 2.42. The van der Waals surface area contributed by atoms with Crippen molar-refractivity contribution in [3.05, 3.63) is 51.2 Å². The number of ether oxygens (including phenoxy) is 2. The molecule has 0 spiro atoms. The van der Waals surface area contributed by atoms with Gasteiger partial charge in [0.1, 0.15) is 0 Å². The number of carbonyl (C=O) groups excluding carboxylic acids is 2. The van der Waals surface area contributed by atoms with Gasteiger partial charge in [0.05, 0.1) is 30.6 Å². The molecule has 0 fully saturated rings. The number of benzene rings is 1. The Labute approximate surface area is 157 Å². The van der Waals surface area contributed by atoms with Crippen LogP contribution in [0.3, 0.4) is 0 Å². The van der Waals surface area contributed by atoms with E-state index in [4.69, 9.17) is 9.47 Å². The third-order valence-corrected chi connectivity index (χ3v) is 4.90. The first-order chi connectivity index (χ1) is 12.9. The predicted octanol–water partition coefficient (Wildman–Crippen LogP) is 2.69. The second-order valence-electron chi connectivity index (χ2n) is 6.28. The van der Waals surface area contributed by atoms with Gasteiger partial charge in [-0.05, 0) is 18.4 Å². The summed E-state index contributed by atoms with van der Waals surface area (Å²) in [5, 5.41) is 14.5. The molecule has 0 amide bonds. The minimum atomic E-state index is -0.716. The minimum Gasteiger partial charge on any atom is -0.469 e. The lowest BCUT2D eigenvalue weighted by atomic mass is 9.72. The van der Waals surface area contributed by atoms with E-state index < -0.39 is 28.7 Å². The average Bonchev–Trinajstić information content (AvgIpc) is 2.70. The number of nitro groups is 1. The Hall–Kier alpha value is -2.90. The molecule has 1 aliphatic rings. The van der Waals surface area contributed by atoms with Gasteiger partial charge >= 0.3 is 11.9 Å². The van der Waals surface area contributed by atoms with Crippen LogP contribution in [0, 0.1) is 16.0 Å². The third-order valence-electron chi connectivity index (χ3n) is 4.90. The summed E-state index contributed by atoms with van der Waals surface area (Å²) in [5.74, 6) is -2.47. The fourth-order valence-corrected chi connectivity index (χ4v) is 3.64. The van der Waals surface area contributed by atoms with Crippen molar-refractivity contribution >= 4 is 17.6 Å². The summed E-state index contributed by atoms with van der Waals surface area (Å²) < 4.78 is 9.95. The molecule has 146 valence electrons. The van der Waals surface area contributed by atoms with Crippen LogP contribution in [-0.4, -0.2) is 37.1 Å². The molecule has 0 saturated heterocycles. The Morgan fingerprint density at radius 3 is 2.44 bits per heavy atom. The molecule has 0 aromatic heterocycles. The number of hydrogen-bond donors (Lipinski definition) is 1. The Kier molecular flexibility index (Phi) is 6.55. The number of nitrogens with zero attached hydrogens (tertiary/aromatic N) is 1. The van der Waals surface area contributed by atoms with Gasteiger partial charge in [0.2, 0.25) is 0 Å². The number of esters is 2. The van der Waals surface area contributed by atoms with Crippen LogP contribution in [0.15, 0.2) is 35.5 Å². The molecular weight excluding hydrogens is 352 g/mol. The van der Waals surface area contributed by atoms with Gasteiger partial charge in [-0.2, -0.15) is 0 Å². The first-order valence-electron chi connectivity index (χ1n) is 8.79. The summed E-state index contributed by atoms with van der Waals surface area (Å²) in [7, 11) is 2.56. The molecule has 0 radical (unpaired) electrons. The minimum absolute atomic E-state index is 0.107. The highest BCUT2D eigenvalue weighted by Gasteiger charge is 2.45. The monoisotopic (exact) mass is 376 g/mol. The van der Waals surface area contributed by atoms with E-state index in [1.807, 2.05) is 13.8 Å². The number of methoxy groups -OCH3 is 2. The van der Waals surface area contributed by atoms with Crippen molar-refractivity contribution < 1.29 is 24.0 Å². The second-order valence-corrected chi connectivity index (χ2v) is 6.28. The molecule has 1 aromatic rings. The maximum Gasteiger partial charge on any atom is 0.336 e. The third kappa shape index (κ3) is 3.94. The zero-order valence-corrected chi connectivity index (χ0v) is 15.9. The fourth-order valence-electron chi connectivity index (χ4n) is 3.64. The fraction of sp³-hybridized carbons (Fsp3) is 0.474. The lowest BCUT2D eigenvalue weighted by Gasteiger charge is -2.39. The van der Waals surface area contributed by atoms with Crippen LogP contribution in [0.2, 0.25) is 0 Å². The smallest absolute Gasteiger partial charge is 0.336 e. The average molecular weight is 376 g/mol. The molecule has 8 heteroatoms. The topological polar surface area (TPSA) is 108 Å². The van der Waals surface area contributed by atoms with Crippen molar-refractivity contribution in [1.29, 1.82) is 0 Å². The standard InChI is InChI=1S/C19H24N2O6/c1-5-13-16(18(22)26-3)15(11-8-7-9-12(10-11)21(24)25)17(19(23)27-4)14(6-2)20-13/h7-10,13,15-16,20H,5-6H2,1-4H3. The number of allylic oxidation sites excluding steroid dienone is 1. The van der Waals surface area contributed by atoms with Gasteiger partial charge in [0.25, 0.3) is 5.69 Å². The maximum atomic E-state index is 12.6. The van der Waals surface area contributed by atoms with Gasteiger partial charge < -0.3 is 14.8 Å². The highest BCUT2D eigenvalue weighted by atomic mass is 16.6. The van der Waals surface area contributed by atoms with Gasteiger partial charge in [-0.1, -0.05) is 26.0 Å². The molecule has 1 aliphatic heterocycles. The Balaban J connectivity index is 2.75. The molecule has 3 atom stereocenters. The molecule has 0 bridgehead atoms. The summed E-state index contributed by atoms with van der Waals surface area (Å²) in [6.07, 6.45) is 1.14. The second kappa shape index (κ2) is 8.66. The van der Waals surface area contributed by atoms with Gasteiger partial charge in [0, 0.05) is 29.8 Å². The SMILES string of the molecule is CCC1=C(C(=O)OC)C(c2cccc([N+](=O)[O-])c2)C(C(=O)OC)C(CC)N1. The molecule has 1 aromatic carbocycles. The molecule has 1 N–H and O–H groups in total. The first kappa shape index (κ1) is 20.4. The Morgan fingerprint density at radius 2 is 1.93 bits per heavy atom. The summed E-state index contributed by atoms with van der Waals surface area (Å²) in [6.45, 7) is 3.81. The van der Waals surface area contributed by atoms with Crippen molar-refractivity contribution in [2.45, 2.75) is 38.6 Å². The van der Waals surface area contributed by atoms with E-state index in [1.54, 1.807) is 12.1 Å². The Bertz CT molecular complexity index is 773. The molecule has 3 unspecified atom stereocenters. The largest absolute Gasteiger partial charge is 0.469 e. The van der Waals surface area contributed by atoms with E-state index in [1.165, 1.54) is 26.4 Å². The number of nitro benzene ring substituents is 1. The number of non-ortho nitro benzene ring substituents is 1. The molecule has 0 saturated carbocycles. The summed E-state index contributed by atoms with van der Waals surface area (Å²) in [6, 6.07) is 5.73. The van der Waals surface area contributed by atoms with Crippen LogP contribution in [0.5, 0.6) is 0 Å². The van der Waals surface area contributed by atoms with Gasteiger partial charge in [-0.25, -0.2) is 4.79 Å². The molecular formula is C19H24N2O6. The molecule has 8 nitrogen and oxygen atoms in total. The summed E-state index contributed by atoms with van der Waals surface area (Å²) in [4.78, 5) is 35.9. The summed E-state index contributed by atoms with van der Waals surface area (Å²) >= 11 is 0. The van der Waals surface area contributed by atoms with E-state index in [2.05, 4.69) is 5.32 Å². The van der Waals surface area contributed by atoms with Crippen LogP contribution < -0.4 is 5.32 Å². The quantitative estimate of drug-likeness (QED) is 0.462. The number of nitrogens with one attached hydrogen (secondary N) is 1. The van der Waals surface area contributed by atoms with Crippen LogP contribution in [-0.2, 0) is 19.1 Å². The van der Waals surface area contributed by atoms with Crippen LogP contribution in [0.4, 0.5) is 5.69 Å². The van der Waals surface area contributed by atoms with E-state index >= 15 is 0 Å². The number of hydrogen-bond acceptors (Lipinski definition) is 7. The van der Waals surface area contributed by atoms with E-state index in [9.17, 15) is 19.7 Å². The molecule has 1 heterocycles. The van der Waals surface area contributed by atoms with Crippen molar-refractivity contribution in [3.8, 4) is 0 Å².